The number of carbonyl (C=O) groups excluding carboxylic acids is 1. The van der Waals surface area contributed by atoms with E-state index in [-0.39, 0.29) is 23.2 Å². The fourth-order valence-electron chi connectivity index (χ4n) is 3.43. The van der Waals surface area contributed by atoms with E-state index in [1.165, 1.54) is 6.26 Å². The fourth-order valence-corrected chi connectivity index (χ4v) is 4.89. The molecule has 1 aliphatic heterocycles. The van der Waals surface area contributed by atoms with Gasteiger partial charge in [0.15, 0.2) is 9.84 Å². The van der Waals surface area contributed by atoms with Crippen molar-refractivity contribution in [2.24, 2.45) is 0 Å². The largest absolute Gasteiger partial charge is 0.347 e. The molecule has 1 saturated carbocycles. The van der Waals surface area contributed by atoms with Crippen LogP contribution in [0.4, 0.5) is 0 Å². The number of hydrogen-bond donors (Lipinski definition) is 1. The second kappa shape index (κ2) is 5.99. The second-order valence-corrected chi connectivity index (χ2v) is 8.32. The van der Waals surface area contributed by atoms with Crippen molar-refractivity contribution in [3.63, 3.8) is 0 Å². The van der Waals surface area contributed by atoms with Crippen molar-refractivity contribution in [3.05, 3.63) is 0 Å². The van der Waals surface area contributed by atoms with Crippen LogP contribution in [0.5, 0.6) is 0 Å². The van der Waals surface area contributed by atoms with Gasteiger partial charge >= 0.3 is 0 Å². The third kappa shape index (κ3) is 3.15. The molecule has 1 heterocycles. The number of nitrogens with zero attached hydrogens (tertiary/aromatic N) is 2. The number of amides is 1. The Hall–Kier alpha value is -0.660. The minimum atomic E-state index is -3.06. The Labute approximate surface area is 121 Å². The molecule has 2 aliphatic rings. The number of carbonyl (C=O) groups is 1. The third-order valence-electron chi connectivity index (χ3n) is 4.40. The van der Waals surface area contributed by atoms with Crippen LogP contribution >= 0.6 is 0 Å². The molecule has 2 fully saturated rings. The van der Waals surface area contributed by atoms with Crippen molar-refractivity contribution in [2.75, 3.05) is 40.0 Å². The van der Waals surface area contributed by atoms with Gasteiger partial charge in [0.25, 0.3) is 0 Å². The zero-order chi connectivity index (χ0) is 14.9. The summed E-state index contributed by atoms with van der Waals surface area (Å²) in [4.78, 5) is 16.0. The third-order valence-corrected chi connectivity index (χ3v) is 6.05. The van der Waals surface area contributed by atoms with Crippen LogP contribution in [-0.2, 0) is 14.6 Å². The van der Waals surface area contributed by atoms with Gasteiger partial charge in [0.05, 0.1) is 5.25 Å². The van der Waals surface area contributed by atoms with Crippen LogP contribution in [0.25, 0.3) is 0 Å². The molecule has 1 amide bonds. The van der Waals surface area contributed by atoms with Gasteiger partial charge in [-0.1, -0.05) is 6.42 Å². The highest BCUT2D eigenvalue weighted by Crippen LogP contribution is 2.31. The van der Waals surface area contributed by atoms with Crippen molar-refractivity contribution in [1.29, 1.82) is 0 Å². The molecule has 0 aromatic rings. The van der Waals surface area contributed by atoms with Crippen LogP contribution in [0.3, 0.4) is 0 Å². The molecular weight excluding hydrogens is 278 g/mol. The Morgan fingerprint density at radius 1 is 1.30 bits per heavy atom. The Morgan fingerprint density at radius 2 is 2.00 bits per heavy atom. The number of likely N-dealkylation sites (N-methyl/N-ethyl adjacent to an activating group) is 1. The fraction of sp³-hybridized carbons (Fsp3) is 0.923. The molecule has 1 aliphatic carbocycles. The summed E-state index contributed by atoms with van der Waals surface area (Å²) >= 11 is 0. The van der Waals surface area contributed by atoms with E-state index < -0.39 is 9.84 Å². The summed E-state index contributed by atoms with van der Waals surface area (Å²) in [5.41, 5.74) is 0. The van der Waals surface area contributed by atoms with E-state index in [2.05, 4.69) is 10.2 Å². The quantitative estimate of drug-likeness (QED) is 0.748. The Kier molecular flexibility index (Phi) is 4.71. The summed E-state index contributed by atoms with van der Waals surface area (Å²) in [5.74, 6) is 0.0522. The number of sulfone groups is 1. The molecule has 116 valence electrons. The zero-order valence-electron chi connectivity index (χ0n) is 12.5. The van der Waals surface area contributed by atoms with Gasteiger partial charge in [-0.3, -0.25) is 9.69 Å². The molecule has 0 aromatic carbocycles. The van der Waals surface area contributed by atoms with Crippen molar-refractivity contribution < 1.29 is 13.2 Å². The highest BCUT2D eigenvalue weighted by atomic mass is 32.2. The molecule has 0 bridgehead atoms. The van der Waals surface area contributed by atoms with Crippen molar-refractivity contribution >= 4 is 15.7 Å². The lowest BCUT2D eigenvalue weighted by molar-refractivity contribution is -0.136. The normalized spacial score (nSPS) is 32.2. The standard InChI is InChI=1S/C13H25N3O3S/c1-15(2)13(17)11-9-14-7-8-16(11)10-5-4-6-12(10)20(3,18)19/h10-12,14H,4-9H2,1-3H3. The van der Waals surface area contributed by atoms with Gasteiger partial charge in [-0.25, -0.2) is 8.42 Å². The Bertz CT molecular complexity index is 463. The number of piperazine rings is 1. The predicted molar refractivity (Wildman–Crippen MR) is 78.3 cm³/mol. The van der Waals surface area contributed by atoms with Gasteiger partial charge in [0, 0.05) is 46.0 Å². The van der Waals surface area contributed by atoms with Crippen molar-refractivity contribution in [3.8, 4) is 0 Å². The first-order valence-electron chi connectivity index (χ1n) is 7.19. The lowest BCUT2D eigenvalue weighted by Crippen LogP contribution is -2.62. The van der Waals surface area contributed by atoms with E-state index in [0.717, 1.165) is 32.4 Å². The lowest BCUT2D eigenvalue weighted by atomic mass is 10.1. The summed E-state index contributed by atoms with van der Waals surface area (Å²) in [6.07, 6.45) is 3.83. The Morgan fingerprint density at radius 3 is 2.60 bits per heavy atom. The topological polar surface area (TPSA) is 69.7 Å². The SMILES string of the molecule is CN(C)C(=O)C1CNCCN1C1CCCC1S(C)(=O)=O. The molecule has 6 nitrogen and oxygen atoms in total. The van der Waals surface area contributed by atoms with E-state index in [1.807, 2.05) is 0 Å². The van der Waals surface area contributed by atoms with Crippen LogP contribution in [0.15, 0.2) is 0 Å². The van der Waals surface area contributed by atoms with Crippen molar-refractivity contribution in [1.82, 2.24) is 15.1 Å². The molecule has 0 aromatic heterocycles. The van der Waals surface area contributed by atoms with Gasteiger partial charge in [-0.2, -0.15) is 0 Å². The van der Waals surface area contributed by atoms with E-state index in [1.54, 1.807) is 19.0 Å². The molecule has 3 atom stereocenters. The maximum absolute atomic E-state index is 12.3. The van der Waals surface area contributed by atoms with E-state index in [4.69, 9.17) is 0 Å². The van der Waals surface area contributed by atoms with Crippen LogP contribution in [0, 0.1) is 0 Å². The molecule has 20 heavy (non-hydrogen) atoms. The number of rotatable bonds is 3. The molecule has 7 heteroatoms. The van der Waals surface area contributed by atoms with E-state index >= 15 is 0 Å². The van der Waals surface area contributed by atoms with E-state index in [0.29, 0.717) is 6.54 Å². The van der Waals surface area contributed by atoms with Gasteiger partial charge in [-0.15, -0.1) is 0 Å². The highest BCUT2D eigenvalue weighted by molar-refractivity contribution is 7.91. The van der Waals surface area contributed by atoms with Gasteiger partial charge < -0.3 is 10.2 Å². The smallest absolute Gasteiger partial charge is 0.240 e. The molecule has 2 rings (SSSR count). The van der Waals surface area contributed by atoms with Gasteiger partial charge in [0.1, 0.15) is 6.04 Å². The maximum Gasteiger partial charge on any atom is 0.240 e. The van der Waals surface area contributed by atoms with E-state index in [9.17, 15) is 13.2 Å². The molecule has 3 unspecified atom stereocenters. The highest BCUT2D eigenvalue weighted by Gasteiger charge is 2.43. The van der Waals surface area contributed by atoms with Crippen molar-refractivity contribution in [2.45, 2.75) is 36.6 Å². The minimum Gasteiger partial charge on any atom is -0.347 e. The molecular formula is C13H25N3O3S. The monoisotopic (exact) mass is 303 g/mol. The van der Waals surface area contributed by atoms with Crippen LogP contribution in [-0.4, -0.2) is 81.4 Å². The molecule has 0 radical (unpaired) electrons. The van der Waals surface area contributed by atoms with Crippen LogP contribution in [0.1, 0.15) is 19.3 Å². The second-order valence-electron chi connectivity index (χ2n) is 6.06. The average Bonchev–Trinajstić information content (AvgIpc) is 2.86. The zero-order valence-corrected chi connectivity index (χ0v) is 13.3. The number of hydrogen-bond acceptors (Lipinski definition) is 5. The maximum atomic E-state index is 12.3. The number of nitrogens with one attached hydrogen (secondary N) is 1. The molecule has 1 N–H and O–H groups in total. The first kappa shape index (κ1) is 15.7. The first-order valence-corrected chi connectivity index (χ1v) is 9.14. The predicted octanol–water partition coefficient (Wildman–Crippen LogP) is -0.686. The molecule has 1 saturated heterocycles. The first-order chi connectivity index (χ1) is 9.32. The van der Waals surface area contributed by atoms with Gasteiger partial charge in [-0.05, 0) is 12.8 Å². The summed E-state index contributed by atoms with van der Waals surface area (Å²) in [7, 11) is 0.438. The summed E-state index contributed by atoms with van der Waals surface area (Å²) in [6, 6.07) is -0.257. The minimum absolute atomic E-state index is 0.0130. The summed E-state index contributed by atoms with van der Waals surface area (Å²) in [5, 5.41) is 2.92. The molecule has 0 spiro atoms. The van der Waals surface area contributed by atoms with Crippen LogP contribution in [0.2, 0.25) is 0 Å². The van der Waals surface area contributed by atoms with Crippen LogP contribution < -0.4 is 5.32 Å². The Balaban J connectivity index is 2.21. The summed E-state index contributed by atoms with van der Waals surface area (Å²) in [6.45, 7) is 2.15. The average molecular weight is 303 g/mol. The lowest BCUT2D eigenvalue weighted by Gasteiger charge is -2.41. The summed E-state index contributed by atoms with van der Waals surface area (Å²) < 4.78 is 23.9. The van der Waals surface area contributed by atoms with Gasteiger partial charge in [0.2, 0.25) is 5.91 Å².